The number of nitrogens with one attached hydrogen (secondary N) is 1. The molecule has 0 aromatic rings. The second-order valence-corrected chi connectivity index (χ2v) is 21.5. The zero-order chi connectivity index (χ0) is 52.2. The molecule has 0 aliphatic heterocycles. The molecule has 0 aromatic carbocycles. The Morgan fingerprint density at radius 1 is 0.507 bits per heavy atom. The molecule has 408 valence electrons. The van der Waals surface area contributed by atoms with Gasteiger partial charge in [0.05, 0.1) is 33.8 Å². The summed E-state index contributed by atoms with van der Waals surface area (Å²) >= 11 is 0. The maximum Gasteiger partial charge on any atom is 0.472 e. The number of rotatable bonds is 50. The van der Waals surface area contributed by atoms with Crippen molar-refractivity contribution in [1.29, 1.82) is 0 Å². The van der Waals surface area contributed by atoms with E-state index in [1.807, 2.05) is 33.3 Å². The van der Waals surface area contributed by atoms with Crippen molar-refractivity contribution in [1.82, 2.24) is 5.32 Å². The number of hydrogen-bond donors (Lipinski definition) is 2. The van der Waals surface area contributed by atoms with E-state index < -0.39 is 20.0 Å². The lowest BCUT2D eigenvalue weighted by Gasteiger charge is -2.27. The Morgan fingerprint density at radius 3 is 1.39 bits per heavy atom. The lowest BCUT2D eigenvalue weighted by atomic mass is 10.1. The van der Waals surface area contributed by atoms with Gasteiger partial charge in [0.15, 0.2) is 0 Å². The summed E-state index contributed by atoms with van der Waals surface area (Å²) in [6.07, 6.45) is 66.9. The third-order valence-electron chi connectivity index (χ3n) is 12.0. The van der Waals surface area contributed by atoms with Crippen molar-refractivity contribution in [3.05, 3.63) is 97.2 Å². The van der Waals surface area contributed by atoms with E-state index in [0.29, 0.717) is 23.9 Å². The molecule has 3 atom stereocenters. The Labute approximate surface area is 437 Å². The maximum absolute atomic E-state index is 13.5. The fourth-order valence-electron chi connectivity index (χ4n) is 7.58. The Kier molecular flexibility index (Phi) is 48.3. The van der Waals surface area contributed by atoms with Crippen LogP contribution < -0.4 is 5.32 Å². The average molecular weight is 1010 g/mol. The molecule has 0 spiro atoms. The standard InChI is InChI=1S/C61H107N2O7P/c1-7-10-13-16-19-22-25-28-30-31-32-33-34-35-38-41-44-47-50-53-60(64)62-58(57-69-71(66,67)68-56-55-63(4,5)6)59(52-49-46-43-40-37-27-24-21-18-15-12-9-3)70-61(65)54-51-48-45-42-39-36-29-26-23-20-17-14-11-8-2/h11,14,19-20,22-23,28-30,32-33,35-36,38,49,52,58-59H,7-10,12-13,15-18,21,24-27,31,34,37,39-48,50-51,53-57H2,1-6H3,(H-,62,64,66,67)/p+1/b14-11+,22-19-,23-20+,30-28-,33-32-,36-29+,38-35-,52-49-. The highest BCUT2D eigenvalue weighted by atomic mass is 31.2. The summed E-state index contributed by atoms with van der Waals surface area (Å²) in [6.45, 7) is 6.81. The molecule has 3 unspecified atom stereocenters. The maximum atomic E-state index is 13.5. The van der Waals surface area contributed by atoms with Crippen LogP contribution in [0.1, 0.15) is 226 Å². The molecule has 0 saturated carbocycles. The van der Waals surface area contributed by atoms with E-state index in [0.717, 1.165) is 103 Å². The zero-order valence-corrected chi connectivity index (χ0v) is 47.3. The van der Waals surface area contributed by atoms with Gasteiger partial charge in [0, 0.05) is 12.8 Å². The van der Waals surface area contributed by atoms with Gasteiger partial charge in [-0.15, -0.1) is 0 Å². The van der Waals surface area contributed by atoms with Gasteiger partial charge in [-0.2, -0.15) is 0 Å². The Hall–Kier alpha value is -3.07. The highest BCUT2D eigenvalue weighted by Crippen LogP contribution is 2.43. The summed E-state index contributed by atoms with van der Waals surface area (Å²) in [4.78, 5) is 37.6. The van der Waals surface area contributed by atoms with E-state index in [1.54, 1.807) is 0 Å². The number of hydrogen-bond acceptors (Lipinski definition) is 6. The van der Waals surface area contributed by atoms with E-state index in [4.69, 9.17) is 13.8 Å². The summed E-state index contributed by atoms with van der Waals surface area (Å²) in [5.74, 6) is -0.574. The lowest BCUT2D eigenvalue weighted by Crippen LogP contribution is -2.47. The lowest BCUT2D eigenvalue weighted by molar-refractivity contribution is -0.870. The number of likely N-dealkylation sites (N-methyl/N-ethyl adjacent to an activating group) is 1. The third kappa shape index (κ3) is 51.6. The largest absolute Gasteiger partial charge is 0.472 e. The van der Waals surface area contributed by atoms with Crippen molar-refractivity contribution in [3.63, 3.8) is 0 Å². The van der Waals surface area contributed by atoms with E-state index in [2.05, 4.69) is 111 Å². The van der Waals surface area contributed by atoms with Crippen molar-refractivity contribution in [2.75, 3.05) is 40.9 Å². The van der Waals surface area contributed by atoms with Crippen molar-refractivity contribution >= 4 is 19.7 Å². The fraction of sp³-hybridized carbons (Fsp3) is 0.705. The van der Waals surface area contributed by atoms with Crippen LogP contribution in [0.5, 0.6) is 0 Å². The molecule has 2 N–H and O–H groups in total. The number of unbranched alkanes of at least 4 members (excludes halogenated alkanes) is 20. The second kappa shape index (κ2) is 50.5. The number of carbonyl (C=O) groups excluding carboxylic acids is 2. The molecule has 0 rings (SSSR count). The molecule has 9 nitrogen and oxygen atoms in total. The summed E-state index contributed by atoms with van der Waals surface area (Å²) in [5, 5.41) is 3.02. The second-order valence-electron chi connectivity index (χ2n) is 20.1. The SMILES string of the molecule is CC/C=C/C/C=C/C/C=C/CCCCCCC(=O)OC(/C=C\CCCCCCCCCCCC)C(COP(=O)(O)OCC[N+](C)(C)C)NC(=O)CCCCC/C=C\C/C=C\C/C=C\C/C=C\CCCCC. The first-order valence-corrected chi connectivity index (χ1v) is 30.1. The van der Waals surface area contributed by atoms with Gasteiger partial charge in [-0.1, -0.05) is 202 Å². The summed E-state index contributed by atoms with van der Waals surface area (Å²) < 4.78 is 30.6. The molecular formula is C61H108N2O7P+. The Bertz CT molecular complexity index is 1540. The normalized spacial score (nSPS) is 14.5. The molecule has 0 aliphatic carbocycles. The number of allylic oxidation sites excluding steroid dienone is 15. The van der Waals surface area contributed by atoms with E-state index in [1.165, 1.54) is 77.0 Å². The Morgan fingerprint density at radius 2 is 0.901 bits per heavy atom. The highest BCUT2D eigenvalue weighted by molar-refractivity contribution is 7.47. The molecule has 0 aromatic heterocycles. The molecular weight excluding hydrogens is 904 g/mol. The minimum absolute atomic E-state index is 0.0252. The van der Waals surface area contributed by atoms with Crippen LogP contribution in [0.3, 0.4) is 0 Å². The van der Waals surface area contributed by atoms with Crippen molar-refractivity contribution in [2.45, 2.75) is 238 Å². The van der Waals surface area contributed by atoms with Gasteiger partial charge < -0.3 is 19.4 Å². The van der Waals surface area contributed by atoms with Crippen LogP contribution in [0.25, 0.3) is 0 Å². The van der Waals surface area contributed by atoms with Gasteiger partial charge in [0.1, 0.15) is 19.3 Å². The number of phosphoric ester groups is 1. The van der Waals surface area contributed by atoms with Crippen LogP contribution in [-0.4, -0.2) is 74.3 Å². The number of quaternary nitrogens is 1. The van der Waals surface area contributed by atoms with E-state index >= 15 is 0 Å². The van der Waals surface area contributed by atoms with E-state index in [-0.39, 0.29) is 37.9 Å². The first-order chi connectivity index (χ1) is 34.4. The van der Waals surface area contributed by atoms with Crippen LogP contribution in [0.4, 0.5) is 0 Å². The molecule has 0 saturated heterocycles. The van der Waals surface area contributed by atoms with Gasteiger partial charge in [-0.3, -0.25) is 18.6 Å². The van der Waals surface area contributed by atoms with Gasteiger partial charge in [-0.05, 0) is 109 Å². The number of amides is 1. The van der Waals surface area contributed by atoms with Crippen molar-refractivity contribution in [2.24, 2.45) is 0 Å². The van der Waals surface area contributed by atoms with Crippen LogP contribution in [-0.2, 0) is 27.9 Å². The number of carbonyl (C=O) groups is 2. The fourth-order valence-corrected chi connectivity index (χ4v) is 8.32. The van der Waals surface area contributed by atoms with Gasteiger partial charge >= 0.3 is 13.8 Å². The number of nitrogens with zero attached hydrogens (tertiary/aromatic N) is 1. The predicted octanol–water partition coefficient (Wildman–Crippen LogP) is 17.2. The minimum atomic E-state index is -4.46. The zero-order valence-electron chi connectivity index (χ0n) is 46.4. The first-order valence-electron chi connectivity index (χ1n) is 28.6. The number of phosphoric acid groups is 1. The predicted molar refractivity (Wildman–Crippen MR) is 304 cm³/mol. The highest BCUT2D eigenvalue weighted by Gasteiger charge is 2.30. The van der Waals surface area contributed by atoms with Crippen LogP contribution in [0.15, 0.2) is 97.2 Å². The Balaban J connectivity index is 5.44. The molecule has 10 heteroatoms. The van der Waals surface area contributed by atoms with Gasteiger partial charge in [0.25, 0.3) is 0 Å². The molecule has 0 aliphatic rings. The molecule has 0 bridgehead atoms. The molecule has 0 radical (unpaired) electrons. The minimum Gasteiger partial charge on any atom is -0.456 e. The summed E-state index contributed by atoms with van der Waals surface area (Å²) in [6, 6.07) is -0.879. The van der Waals surface area contributed by atoms with Crippen LogP contribution >= 0.6 is 7.82 Å². The molecule has 0 fully saturated rings. The third-order valence-corrected chi connectivity index (χ3v) is 13.0. The van der Waals surface area contributed by atoms with Crippen molar-refractivity contribution < 1.29 is 37.3 Å². The monoisotopic (exact) mass is 1010 g/mol. The van der Waals surface area contributed by atoms with Crippen LogP contribution in [0, 0.1) is 0 Å². The average Bonchev–Trinajstić information content (AvgIpc) is 3.33. The quantitative estimate of drug-likeness (QED) is 0.0205. The van der Waals surface area contributed by atoms with Crippen molar-refractivity contribution in [3.8, 4) is 0 Å². The smallest absolute Gasteiger partial charge is 0.456 e. The first kappa shape index (κ1) is 67.9. The van der Waals surface area contributed by atoms with Gasteiger partial charge in [-0.25, -0.2) is 4.57 Å². The topological polar surface area (TPSA) is 111 Å². The van der Waals surface area contributed by atoms with Gasteiger partial charge in [0.2, 0.25) is 5.91 Å². The number of ether oxygens (including phenoxy) is 1. The number of esters is 1. The summed E-state index contributed by atoms with van der Waals surface area (Å²) in [5.41, 5.74) is 0. The molecule has 1 amide bonds. The molecule has 71 heavy (non-hydrogen) atoms. The molecule has 0 heterocycles. The van der Waals surface area contributed by atoms with E-state index in [9.17, 15) is 19.0 Å². The summed E-state index contributed by atoms with van der Waals surface area (Å²) in [7, 11) is 1.45. The van der Waals surface area contributed by atoms with Crippen LogP contribution in [0.2, 0.25) is 0 Å².